The number of amides is 1. The maximum Gasteiger partial charge on any atom is 0.336 e. The molecule has 150 valence electrons. The number of pyridine rings is 1. The quantitative estimate of drug-likeness (QED) is 0.796. The lowest BCUT2D eigenvalue weighted by Crippen LogP contribution is -2.46. The third kappa shape index (κ3) is 4.42. The highest BCUT2D eigenvalue weighted by Crippen LogP contribution is 2.27. The first kappa shape index (κ1) is 20.1. The molecule has 1 aliphatic heterocycles. The van der Waals surface area contributed by atoms with Gasteiger partial charge in [-0.1, -0.05) is 20.8 Å². The van der Waals surface area contributed by atoms with Gasteiger partial charge in [-0.2, -0.15) is 0 Å². The van der Waals surface area contributed by atoms with Crippen molar-refractivity contribution >= 4 is 34.3 Å². The van der Waals surface area contributed by atoms with Gasteiger partial charge in [-0.05, 0) is 37.2 Å². The van der Waals surface area contributed by atoms with Gasteiger partial charge >= 0.3 is 5.97 Å². The van der Waals surface area contributed by atoms with E-state index in [4.69, 9.17) is 4.98 Å². The second-order valence-electron chi connectivity index (χ2n) is 7.54. The van der Waals surface area contributed by atoms with Crippen molar-refractivity contribution in [3.8, 4) is 0 Å². The van der Waals surface area contributed by atoms with Crippen molar-refractivity contribution in [2.45, 2.75) is 27.2 Å². The molecule has 1 aliphatic rings. The normalized spacial score (nSPS) is 15.2. The Labute approximate surface area is 165 Å². The Balaban J connectivity index is 1.90. The molecule has 1 fully saturated rings. The van der Waals surface area contributed by atoms with Crippen LogP contribution in [0, 0.1) is 5.92 Å². The summed E-state index contributed by atoms with van der Waals surface area (Å²) in [5.74, 6) is -0.558. The van der Waals surface area contributed by atoms with Crippen LogP contribution in [0.2, 0.25) is 0 Å². The van der Waals surface area contributed by atoms with Gasteiger partial charge in [0.05, 0.1) is 11.1 Å². The molecular weight excluding hydrogens is 356 g/mol. The molecule has 2 N–H and O–H groups in total. The minimum atomic E-state index is -0.995. The van der Waals surface area contributed by atoms with Crippen molar-refractivity contribution < 1.29 is 14.7 Å². The molecular formula is C21H28N4O3. The molecule has 1 aromatic heterocycles. The molecule has 7 heteroatoms. The van der Waals surface area contributed by atoms with Crippen molar-refractivity contribution in [2.75, 3.05) is 42.9 Å². The van der Waals surface area contributed by atoms with E-state index in [1.165, 1.54) is 0 Å². The lowest BCUT2D eigenvalue weighted by atomic mass is 10.1. The number of carbonyl (C=O) groups excluding carboxylic acids is 1. The van der Waals surface area contributed by atoms with Crippen LogP contribution in [-0.2, 0) is 4.79 Å². The summed E-state index contributed by atoms with van der Waals surface area (Å²) in [7, 11) is 0. The monoisotopic (exact) mass is 384 g/mol. The number of benzene rings is 1. The van der Waals surface area contributed by atoms with E-state index < -0.39 is 5.97 Å². The van der Waals surface area contributed by atoms with E-state index in [1.807, 2.05) is 13.8 Å². The highest BCUT2D eigenvalue weighted by molar-refractivity contribution is 6.05. The van der Waals surface area contributed by atoms with E-state index in [0.29, 0.717) is 22.4 Å². The fourth-order valence-corrected chi connectivity index (χ4v) is 3.43. The zero-order valence-corrected chi connectivity index (χ0v) is 16.7. The number of aromatic nitrogens is 1. The number of hydrogen-bond donors (Lipinski definition) is 2. The van der Waals surface area contributed by atoms with Crippen molar-refractivity contribution in [1.82, 2.24) is 9.88 Å². The van der Waals surface area contributed by atoms with E-state index in [0.717, 1.165) is 39.1 Å². The van der Waals surface area contributed by atoms with Crippen molar-refractivity contribution in [3.63, 3.8) is 0 Å². The number of carboxylic acid groups (broad SMARTS) is 1. The van der Waals surface area contributed by atoms with Gasteiger partial charge < -0.3 is 15.3 Å². The molecule has 0 spiro atoms. The first-order chi connectivity index (χ1) is 13.4. The van der Waals surface area contributed by atoms with Gasteiger partial charge in [0.15, 0.2) is 0 Å². The maximum atomic E-state index is 11.9. The number of nitrogens with zero attached hydrogens (tertiary/aromatic N) is 3. The van der Waals surface area contributed by atoms with E-state index >= 15 is 0 Å². The number of carboxylic acids is 1. The van der Waals surface area contributed by atoms with Gasteiger partial charge in [0.2, 0.25) is 5.91 Å². The zero-order chi connectivity index (χ0) is 20.3. The Bertz CT molecular complexity index is 873. The van der Waals surface area contributed by atoms with Crippen LogP contribution in [0.1, 0.15) is 37.6 Å². The minimum Gasteiger partial charge on any atom is -0.478 e. The number of anilines is 2. The maximum absolute atomic E-state index is 11.9. The summed E-state index contributed by atoms with van der Waals surface area (Å²) in [5, 5.41) is 13.1. The lowest BCUT2D eigenvalue weighted by Gasteiger charge is -2.35. The molecule has 7 nitrogen and oxygen atoms in total. The van der Waals surface area contributed by atoms with Gasteiger partial charge in [-0.25, -0.2) is 9.78 Å². The molecule has 28 heavy (non-hydrogen) atoms. The topological polar surface area (TPSA) is 85.8 Å². The van der Waals surface area contributed by atoms with Crippen molar-refractivity contribution in [2.24, 2.45) is 5.92 Å². The van der Waals surface area contributed by atoms with Gasteiger partial charge in [0.1, 0.15) is 5.82 Å². The Hall–Kier alpha value is -2.67. The Morgan fingerprint density at radius 1 is 1.18 bits per heavy atom. The average molecular weight is 384 g/mol. The van der Waals surface area contributed by atoms with Gasteiger partial charge in [-0.15, -0.1) is 0 Å². The fourth-order valence-electron chi connectivity index (χ4n) is 3.43. The molecule has 1 amide bonds. The molecule has 2 heterocycles. The lowest BCUT2D eigenvalue weighted by molar-refractivity contribution is -0.118. The number of piperazine rings is 1. The van der Waals surface area contributed by atoms with Crippen molar-refractivity contribution in [3.05, 3.63) is 29.8 Å². The first-order valence-corrected chi connectivity index (χ1v) is 9.85. The Kier molecular flexibility index (Phi) is 6.14. The SMILES string of the molecule is CCCN1CCN(c2cc(C(=O)O)c3cc(NC(=O)C(C)C)ccc3n2)CC1. The molecule has 1 saturated heterocycles. The standard InChI is InChI=1S/C21H28N4O3/c1-4-7-24-8-10-25(11-9-24)19-13-17(21(27)28)16-12-15(5-6-18(16)23-19)22-20(26)14(2)3/h5-6,12-14H,4,7-11H2,1-3H3,(H,22,26)(H,27,28). The van der Waals surface area contributed by atoms with Gasteiger partial charge in [-0.3, -0.25) is 9.69 Å². The molecule has 0 bridgehead atoms. The molecule has 0 atom stereocenters. The van der Waals surface area contributed by atoms with Crippen LogP contribution in [0.25, 0.3) is 10.9 Å². The zero-order valence-electron chi connectivity index (χ0n) is 16.7. The summed E-state index contributed by atoms with van der Waals surface area (Å²) < 4.78 is 0. The fraction of sp³-hybridized carbons (Fsp3) is 0.476. The minimum absolute atomic E-state index is 0.106. The van der Waals surface area contributed by atoms with E-state index in [2.05, 4.69) is 22.0 Å². The number of fused-ring (bicyclic) bond motifs is 1. The molecule has 2 aromatic rings. The third-order valence-corrected chi connectivity index (χ3v) is 5.05. The number of aromatic carboxylic acids is 1. The van der Waals surface area contributed by atoms with Crippen LogP contribution in [-0.4, -0.2) is 59.6 Å². The Morgan fingerprint density at radius 2 is 1.89 bits per heavy atom. The van der Waals surface area contributed by atoms with Gasteiger partial charge in [0.25, 0.3) is 0 Å². The van der Waals surface area contributed by atoms with Crippen LogP contribution in [0.5, 0.6) is 0 Å². The van der Waals surface area contributed by atoms with Gasteiger partial charge in [0, 0.05) is 43.2 Å². The summed E-state index contributed by atoms with van der Waals surface area (Å²) in [6.07, 6.45) is 1.13. The van der Waals surface area contributed by atoms with Crippen LogP contribution < -0.4 is 10.2 Å². The Morgan fingerprint density at radius 3 is 2.50 bits per heavy atom. The number of nitrogens with one attached hydrogen (secondary N) is 1. The summed E-state index contributed by atoms with van der Waals surface area (Å²) in [5.41, 5.74) is 1.40. The van der Waals surface area contributed by atoms with Crippen LogP contribution in [0.3, 0.4) is 0 Å². The summed E-state index contributed by atoms with van der Waals surface area (Å²) in [6.45, 7) is 10.5. The predicted octanol–water partition coefficient (Wildman–Crippen LogP) is 3.06. The third-order valence-electron chi connectivity index (χ3n) is 5.05. The van der Waals surface area contributed by atoms with Crippen molar-refractivity contribution in [1.29, 1.82) is 0 Å². The molecule has 0 saturated carbocycles. The summed E-state index contributed by atoms with van der Waals surface area (Å²) in [6, 6.07) is 6.88. The van der Waals surface area contributed by atoms with E-state index in [-0.39, 0.29) is 17.4 Å². The number of hydrogen-bond acceptors (Lipinski definition) is 5. The smallest absolute Gasteiger partial charge is 0.336 e. The average Bonchev–Trinajstić information content (AvgIpc) is 2.67. The largest absolute Gasteiger partial charge is 0.478 e. The second kappa shape index (κ2) is 8.56. The molecule has 0 radical (unpaired) electrons. The summed E-state index contributed by atoms with van der Waals surface area (Å²) >= 11 is 0. The van der Waals surface area contributed by atoms with Crippen LogP contribution in [0.15, 0.2) is 24.3 Å². The molecule has 0 unspecified atom stereocenters. The molecule has 1 aromatic carbocycles. The highest BCUT2D eigenvalue weighted by atomic mass is 16.4. The van der Waals surface area contributed by atoms with Crippen LogP contribution >= 0.6 is 0 Å². The molecule has 3 rings (SSSR count). The second-order valence-corrected chi connectivity index (χ2v) is 7.54. The summed E-state index contributed by atoms with van der Waals surface area (Å²) in [4.78, 5) is 33.1. The number of rotatable bonds is 6. The van der Waals surface area contributed by atoms with E-state index in [9.17, 15) is 14.7 Å². The predicted molar refractivity (Wildman–Crippen MR) is 111 cm³/mol. The highest BCUT2D eigenvalue weighted by Gasteiger charge is 2.20. The molecule has 0 aliphatic carbocycles. The van der Waals surface area contributed by atoms with Crippen LogP contribution in [0.4, 0.5) is 11.5 Å². The van der Waals surface area contributed by atoms with E-state index in [1.54, 1.807) is 24.3 Å². The first-order valence-electron chi connectivity index (χ1n) is 9.85. The number of carbonyl (C=O) groups is 2.